The third-order valence-corrected chi connectivity index (χ3v) is 3.68. The second-order valence-electron chi connectivity index (χ2n) is 3.96. The zero-order valence-electron chi connectivity index (χ0n) is 9.34. The van der Waals surface area contributed by atoms with Crippen LogP contribution in [0, 0.1) is 0 Å². The van der Waals surface area contributed by atoms with E-state index < -0.39 is 0 Å². The van der Waals surface area contributed by atoms with Gasteiger partial charge < -0.3 is 10.7 Å². The van der Waals surface area contributed by atoms with E-state index in [1.807, 2.05) is 30.6 Å². The molecule has 0 aliphatic heterocycles. The fourth-order valence-electron chi connectivity index (χ4n) is 1.79. The third kappa shape index (κ3) is 1.73. The zero-order valence-corrected chi connectivity index (χ0v) is 10.2. The second-order valence-corrected chi connectivity index (χ2v) is 4.85. The zero-order chi connectivity index (χ0) is 11.8. The number of rotatable bonds is 2. The van der Waals surface area contributed by atoms with Gasteiger partial charge in [-0.3, -0.25) is 0 Å². The summed E-state index contributed by atoms with van der Waals surface area (Å²) < 4.78 is 0. The highest BCUT2D eigenvalue weighted by atomic mass is 32.1. The van der Waals surface area contributed by atoms with Crippen LogP contribution in [0.1, 0.15) is 18.0 Å². The van der Waals surface area contributed by atoms with Crippen LogP contribution >= 0.6 is 11.3 Å². The summed E-state index contributed by atoms with van der Waals surface area (Å²) in [5.41, 5.74) is 8.75. The van der Waals surface area contributed by atoms with Gasteiger partial charge in [0.1, 0.15) is 10.7 Å². The van der Waals surface area contributed by atoms with E-state index in [9.17, 15) is 0 Å². The first-order valence-corrected chi connectivity index (χ1v) is 6.27. The van der Waals surface area contributed by atoms with E-state index in [0.717, 1.165) is 27.3 Å². The van der Waals surface area contributed by atoms with Crippen molar-refractivity contribution in [1.29, 1.82) is 0 Å². The molecule has 3 aromatic rings. The summed E-state index contributed by atoms with van der Waals surface area (Å²) in [7, 11) is 0. The number of aromatic nitrogens is 3. The van der Waals surface area contributed by atoms with Gasteiger partial charge in [-0.05, 0) is 19.1 Å². The Bertz CT molecular complexity index is 653. The van der Waals surface area contributed by atoms with E-state index >= 15 is 0 Å². The highest BCUT2D eigenvalue weighted by Crippen LogP contribution is 2.29. The minimum absolute atomic E-state index is 0.0166. The number of nitrogens with two attached hydrogens (primary N) is 1. The number of pyridine rings is 1. The van der Waals surface area contributed by atoms with E-state index in [-0.39, 0.29) is 6.04 Å². The molecule has 5 heteroatoms. The summed E-state index contributed by atoms with van der Waals surface area (Å²) in [6, 6.07) is 3.95. The first-order chi connectivity index (χ1) is 8.25. The number of H-pyrrole nitrogens is 1. The molecule has 0 fully saturated rings. The Labute approximate surface area is 103 Å². The summed E-state index contributed by atoms with van der Waals surface area (Å²) in [6.45, 7) is 1.94. The molecule has 0 unspecified atom stereocenters. The molecular weight excluding hydrogens is 232 g/mol. The van der Waals surface area contributed by atoms with Crippen LogP contribution in [-0.2, 0) is 0 Å². The Morgan fingerprint density at radius 3 is 3.12 bits per heavy atom. The van der Waals surface area contributed by atoms with Gasteiger partial charge in [-0.2, -0.15) is 0 Å². The average Bonchev–Trinajstić information content (AvgIpc) is 2.95. The van der Waals surface area contributed by atoms with Crippen LogP contribution in [0.3, 0.4) is 0 Å². The maximum atomic E-state index is 5.82. The van der Waals surface area contributed by atoms with Gasteiger partial charge in [-0.25, -0.2) is 9.97 Å². The van der Waals surface area contributed by atoms with Crippen molar-refractivity contribution in [2.45, 2.75) is 13.0 Å². The molecule has 0 aliphatic carbocycles. The van der Waals surface area contributed by atoms with Crippen molar-refractivity contribution in [3.8, 4) is 11.3 Å². The molecule has 0 aliphatic rings. The third-order valence-electron chi connectivity index (χ3n) is 2.64. The fourth-order valence-corrected chi connectivity index (χ4v) is 2.57. The van der Waals surface area contributed by atoms with Crippen molar-refractivity contribution < 1.29 is 0 Å². The van der Waals surface area contributed by atoms with Crippen molar-refractivity contribution in [2.24, 2.45) is 5.73 Å². The minimum Gasteiger partial charge on any atom is -0.345 e. The van der Waals surface area contributed by atoms with Crippen LogP contribution in [0.4, 0.5) is 0 Å². The Morgan fingerprint density at radius 1 is 1.47 bits per heavy atom. The molecule has 0 radical (unpaired) electrons. The molecular formula is C12H12N4S. The molecule has 0 spiro atoms. The number of nitrogens with zero attached hydrogens (tertiary/aromatic N) is 2. The van der Waals surface area contributed by atoms with E-state index in [2.05, 4.69) is 15.0 Å². The molecule has 1 atom stereocenters. The predicted molar refractivity (Wildman–Crippen MR) is 69.8 cm³/mol. The quantitative estimate of drug-likeness (QED) is 0.728. The molecule has 3 N–H and O–H groups in total. The van der Waals surface area contributed by atoms with Gasteiger partial charge in [0.05, 0.1) is 11.7 Å². The average molecular weight is 244 g/mol. The number of hydrogen-bond donors (Lipinski definition) is 2. The van der Waals surface area contributed by atoms with Gasteiger partial charge in [0, 0.05) is 28.7 Å². The summed E-state index contributed by atoms with van der Waals surface area (Å²) in [4.78, 5) is 12.0. The van der Waals surface area contributed by atoms with Crippen molar-refractivity contribution >= 4 is 22.4 Å². The number of nitrogens with one attached hydrogen (secondary N) is 1. The lowest BCUT2D eigenvalue weighted by atomic mass is 10.2. The largest absolute Gasteiger partial charge is 0.345 e. The molecule has 0 bridgehead atoms. The van der Waals surface area contributed by atoms with Gasteiger partial charge in [0.2, 0.25) is 0 Å². The Hall–Kier alpha value is -1.72. The number of fused-ring (bicyclic) bond motifs is 1. The molecule has 17 heavy (non-hydrogen) atoms. The van der Waals surface area contributed by atoms with Gasteiger partial charge in [0.25, 0.3) is 0 Å². The second kappa shape index (κ2) is 3.94. The molecule has 3 heterocycles. The topological polar surface area (TPSA) is 67.6 Å². The van der Waals surface area contributed by atoms with Gasteiger partial charge in [0.15, 0.2) is 0 Å². The van der Waals surface area contributed by atoms with Crippen molar-refractivity contribution in [2.75, 3.05) is 0 Å². The number of thiazole rings is 1. The first-order valence-electron chi connectivity index (χ1n) is 5.39. The normalized spacial score (nSPS) is 13.1. The molecule has 3 rings (SSSR count). The van der Waals surface area contributed by atoms with E-state index in [1.165, 1.54) is 0 Å². The lowest BCUT2D eigenvalue weighted by molar-refractivity contribution is 0.808. The SMILES string of the molecule is C[C@@H](N)c1nc(-c2c[nH]c3ncccc23)cs1. The van der Waals surface area contributed by atoms with Crippen LogP contribution < -0.4 is 5.73 Å². The van der Waals surface area contributed by atoms with Crippen LogP contribution in [0.2, 0.25) is 0 Å². The number of aromatic amines is 1. The first kappa shape index (κ1) is 10.4. The fraction of sp³-hybridized carbons (Fsp3) is 0.167. The Kier molecular flexibility index (Phi) is 2.42. The molecule has 0 aromatic carbocycles. The van der Waals surface area contributed by atoms with Gasteiger partial charge in [-0.15, -0.1) is 11.3 Å². The molecule has 3 aromatic heterocycles. The maximum absolute atomic E-state index is 5.82. The highest BCUT2D eigenvalue weighted by Gasteiger charge is 2.11. The summed E-state index contributed by atoms with van der Waals surface area (Å²) >= 11 is 1.59. The highest BCUT2D eigenvalue weighted by molar-refractivity contribution is 7.10. The Morgan fingerprint density at radius 2 is 2.35 bits per heavy atom. The standard InChI is InChI=1S/C12H12N4S/c1-7(13)12-16-10(6-17-12)9-5-15-11-8(9)3-2-4-14-11/h2-7H,13H2,1H3,(H,14,15)/t7-/m1/s1. The molecule has 4 nitrogen and oxygen atoms in total. The van der Waals surface area contributed by atoms with E-state index in [4.69, 9.17) is 5.73 Å². The Balaban J connectivity index is 2.14. The smallest absolute Gasteiger partial charge is 0.137 e. The maximum Gasteiger partial charge on any atom is 0.137 e. The summed E-state index contributed by atoms with van der Waals surface area (Å²) in [5.74, 6) is 0. The monoisotopic (exact) mass is 244 g/mol. The summed E-state index contributed by atoms with van der Waals surface area (Å²) in [6.07, 6.45) is 3.72. The van der Waals surface area contributed by atoms with Crippen LogP contribution in [0.25, 0.3) is 22.3 Å². The lowest BCUT2D eigenvalue weighted by Gasteiger charge is -1.97. The predicted octanol–water partition coefficient (Wildman–Crippen LogP) is 2.71. The van der Waals surface area contributed by atoms with Crippen LogP contribution in [-0.4, -0.2) is 15.0 Å². The lowest BCUT2D eigenvalue weighted by Crippen LogP contribution is -2.03. The van der Waals surface area contributed by atoms with Crippen molar-refractivity contribution in [3.05, 3.63) is 34.9 Å². The molecule has 0 saturated carbocycles. The molecule has 0 amide bonds. The van der Waals surface area contributed by atoms with Crippen molar-refractivity contribution in [3.63, 3.8) is 0 Å². The van der Waals surface area contributed by atoms with Crippen LogP contribution in [0.5, 0.6) is 0 Å². The minimum atomic E-state index is -0.0166. The molecule has 0 saturated heterocycles. The number of hydrogen-bond acceptors (Lipinski definition) is 4. The van der Waals surface area contributed by atoms with Gasteiger partial charge >= 0.3 is 0 Å². The van der Waals surface area contributed by atoms with Crippen LogP contribution in [0.15, 0.2) is 29.9 Å². The van der Waals surface area contributed by atoms with E-state index in [1.54, 1.807) is 17.5 Å². The van der Waals surface area contributed by atoms with Gasteiger partial charge in [-0.1, -0.05) is 0 Å². The molecule has 86 valence electrons. The van der Waals surface area contributed by atoms with E-state index in [0.29, 0.717) is 0 Å². The van der Waals surface area contributed by atoms with Crippen molar-refractivity contribution in [1.82, 2.24) is 15.0 Å². The summed E-state index contributed by atoms with van der Waals surface area (Å²) in [5, 5.41) is 4.08.